The molecule has 0 bridgehead atoms. The van der Waals surface area contributed by atoms with Gasteiger partial charge >= 0.3 is 0 Å². The summed E-state index contributed by atoms with van der Waals surface area (Å²) >= 11 is 1.30. The maximum atomic E-state index is 11.9. The highest BCUT2D eigenvalue weighted by Crippen LogP contribution is 2.22. The van der Waals surface area contributed by atoms with Crippen LogP contribution in [0.3, 0.4) is 0 Å². The number of thiophene rings is 1. The van der Waals surface area contributed by atoms with Crippen LogP contribution in [0.15, 0.2) is 15.7 Å². The van der Waals surface area contributed by atoms with Gasteiger partial charge in [-0.25, -0.2) is 13.1 Å². The lowest BCUT2D eigenvalue weighted by atomic mass is 10.3. The molecule has 0 radical (unpaired) electrons. The number of rotatable bonds is 8. The van der Waals surface area contributed by atoms with Crippen molar-refractivity contribution in [3.8, 4) is 0 Å². The predicted molar refractivity (Wildman–Crippen MR) is 74.3 cm³/mol. The van der Waals surface area contributed by atoms with E-state index in [0.717, 1.165) is 24.9 Å². The van der Waals surface area contributed by atoms with Crippen molar-refractivity contribution >= 4 is 21.4 Å². The van der Waals surface area contributed by atoms with E-state index in [1.54, 1.807) is 6.07 Å². The van der Waals surface area contributed by atoms with Gasteiger partial charge in [0.15, 0.2) is 0 Å². The Labute approximate surface area is 113 Å². The van der Waals surface area contributed by atoms with Crippen LogP contribution < -0.4 is 10.0 Å². The summed E-state index contributed by atoms with van der Waals surface area (Å²) in [6.45, 7) is 3.33. The maximum absolute atomic E-state index is 11.9. The topological polar surface area (TPSA) is 58.2 Å². The molecule has 1 aromatic heterocycles. The predicted octanol–water partition coefficient (Wildman–Crippen LogP) is 2.08. The molecule has 0 spiro atoms. The van der Waals surface area contributed by atoms with Crippen LogP contribution in [0.25, 0.3) is 0 Å². The molecule has 0 unspecified atom stereocenters. The highest BCUT2D eigenvalue weighted by atomic mass is 32.2. The van der Waals surface area contributed by atoms with Crippen molar-refractivity contribution in [2.75, 3.05) is 6.54 Å². The molecular weight excluding hydrogens is 268 g/mol. The smallest absolute Gasteiger partial charge is 0.250 e. The summed E-state index contributed by atoms with van der Waals surface area (Å²) in [4.78, 5) is 0. The zero-order valence-electron chi connectivity index (χ0n) is 10.6. The maximum Gasteiger partial charge on any atom is 0.250 e. The molecular formula is C12H20N2O2S2. The Kier molecular flexibility index (Phi) is 4.77. The first-order valence-electron chi connectivity index (χ1n) is 6.42. The lowest BCUT2D eigenvalue weighted by molar-refractivity contribution is 0.580. The molecule has 1 heterocycles. The Balaban J connectivity index is 1.90. The van der Waals surface area contributed by atoms with Gasteiger partial charge in [0.1, 0.15) is 4.21 Å². The van der Waals surface area contributed by atoms with Gasteiger partial charge in [0.05, 0.1) is 0 Å². The van der Waals surface area contributed by atoms with E-state index in [2.05, 4.69) is 10.0 Å². The van der Waals surface area contributed by atoms with Gasteiger partial charge < -0.3 is 5.32 Å². The largest absolute Gasteiger partial charge is 0.310 e. The molecule has 1 aliphatic carbocycles. The van der Waals surface area contributed by atoms with Gasteiger partial charge in [-0.2, -0.15) is 0 Å². The average molecular weight is 288 g/mol. The zero-order valence-corrected chi connectivity index (χ0v) is 12.2. The summed E-state index contributed by atoms with van der Waals surface area (Å²) in [5, 5.41) is 5.30. The fourth-order valence-electron chi connectivity index (χ4n) is 1.59. The van der Waals surface area contributed by atoms with Crippen molar-refractivity contribution < 1.29 is 8.42 Å². The molecule has 1 saturated carbocycles. The summed E-state index contributed by atoms with van der Waals surface area (Å²) in [5.74, 6) is 0. The number of hydrogen-bond acceptors (Lipinski definition) is 4. The van der Waals surface area contributed by atoms with Crippen LogP contribution in [0.5, 0.6) is 0 Å². The standard InChI is InChI=1S/C12H20N2O2S2/c1-2-3-6-14-18(15,16)12-7-10(9-17-12)8-13-11-4-5-11/h7,9,11,13-14H,2-6,8H2,1H3. The van der Waals surface area contributed by atoms with Crippen LogP contribution in [0, 0.1) is 0 Å². The van der Waals surface area contributed by atoms with Crippen molar-refractivity contribution in [1.29, 1.82) is 0 Å². The minimum absolute atomic E-state index is 0.422. The Morgan fingerprint density at radius 3 is 2.89 bits per heavy atom. The highest BCUT2D eigenvalue weighted by Gasteiger charge is 2.21. The summed E-state index contributed by atoms with van der Waals surface area (Å²) < 4.78 is 27.0. The SMILES string of the molecule is CCCCNS(=O)(=O)c1cc(CNC2CC2)cs1. The Hall–Kier alpha value is -0.430. The van der Waals surface area contributed by atoms with E-state index in [1.165, 1.54) is 24.2 Å². The third-order valence-corrected chi connectivity index (χ3v) is 5.84. The van der Waals surface area contributed by atoms with Crippen LogP contribution >= 0.6 is 11.3 Å². The van der Waals surface area contributed by atoms with E-state index in [0.29, 0.717) is 16.8 Å². The van der Waals surface area contributed by atoms with E-state index in [-0.39, 0.29) is 0 Å². The first-order chi connectivity index (χ1) is 8.62. The van der Waals surface area contributed by atoms with Crippen molar-refractivity contribution in [2.24, 2.45) is 0 Å². The molecule has 4 nitrogen and oxygen atoms in total. The lowest BCUT2D eigenvalue weighted by Crippen LogP contribution is -2.23. The molecule has 102 valence electrons. The number of hydrogen-bond donors (Lipinski definition) is 2. The molecule has 2 rings (SSSR count). The molecule has 0 atom stereocenters. The average Bonchev–Trinajstić information content (AvgIpc) is 3.03. The van der Waals surface area contributed by atoms with E-state index in [4.69, 9.17) is 0 Å². The van der Waals surface area contributed by atoms with E-state index < -0.39 is 10.0 Å². The molecule has 1 aromatic rings. The molecule has 1 aliphatic rings. The van der Waals surface area contributed by atoms with Gasteiger partial charge in [-0.15, -0.1) is 11.3 Å². The second-order valence-corrected chi connectivity index (χ2v) is 7.59. The second-order valence-electron chi connectivity index (χ2n) is 4.68. The minimum Gasteiger partial charge on any atom is -0.310 e. The van der Waals surface area contributed by atoms with Crippen LogP contribution in [0.4, 0.5) is 0 Å². The molecule has 6 heteroatoms. The molecule has 0 aromatic carbocycles. The third kappa shape index (κ3) is 4.05. The van der Waals surface area contributed by atoms with E-state index in [9.17, 15) is 8.42 Å². The van der Waals surface area contributed by atoms with E-state index >= 15 is 0 Å². The van der Waals surface area contributed by atoms with Crippen LogP contribution in [0.1, 0.15) is 38.2 Å². The summed E-state index contributed by atoms with van der Waals surface area (Å²) in [7, 11) is -3.29. The first-order valence-corrected chi connectivity index (χ1v) is 8.78. The van der Waals surface area contributed by atoms with Gasteiger partial charge in [0.25, 0.3) is 0 Å². The second kappa shape index (κ2) is 6.14. The molecule has 2 N–H and O–H groups in total. The zero-order chi connectivity index (χ0) is 13.0. The van der Waals surface area contributed by atoms with Crippen molar-refractivity contribution in [3.05, 3.63) is 17.0 Å². The molecule has 18 heavy (non-hydrogen) atoms. The van der Waals surface area contributed by atoms with Gasteiger partial charge in [0.2, 0.25) is 10.0 Å². The van der Waals surface area contributed by atoms with Gasteiger partial charge in [-0.05, 0) is 36.3 Å². The van der Waals surface area contributed by atoms with Crippen LogP contribution in [-0.2, 0) is 16.6 Å². The summed E-state index contributed by atoms with van der Waals surface area (Å²) in [6, 6.07) is 2.42. The lowest BCUT2D eigenvalue weighted by Gasteiger charge is -2.03. The van der Waals surface area contributed by atoms with Gasteiger partial charge in [-0.3, -0.25) is 0 Å². The Morgan fingerprint density at radius 2 is 2.22 bits per heavy atom. The number of unbranched alkanes of at least 4 members (excludes halogenated alkanes) is 1. The number of nitrogens with one attached hydrogen (secondary N) is 2. The quantitative estimate of drug-likeness (QED) is 0.720. The molecule has 1 fully saturated rings. The van der Waals surface area contributed by atoms with Gasteiger partial charge in [0, 0.05) is 19.1 Å². The van der Waals surface area contributed by atoms with Crippen LogP contribution in [0.2, 0.25) is 0 Å². The monoisotopic (exact) mass is 288 g/mol. The summed E-state index contributed by atoms with van der Waals surface area (Å²) in [6.07, 6.45) is 4.35. The first kappa shape index (κ1) is 14.0. The van der Waals surface area contributed by atoms with E-state index in [1.807, 2.05) is 12.3 Å². The highest BCUT2D eigenvalue weighted by molar-refractivity contribution is 7.91. The van der Waals surface area contributed by atoms with Crippen molar-refractivity contribution in [3.63, 3.8) is 0 Å². The fraction of sp³-hybridized carbons (Fsp3) is 0.667. The van der Waals surface area contributed by atoms with Crippen molar-refractivity contribution in [2.45, 2.75) is 49.4 Å². The molecule has 0 amide bonds. The van der Waals surface area contributed by atoms with Gasteiger partial charge in [-0.1, -0.05) is 13.3 Å². The molecule has 0 aliphatic heterocycles. The third-order valence-electron chi connectivity index (χ3n) is 2.89. The Bertz CT molecular complexity index is 478. The number of sulfonamides is 1. The van der Waals surface area contributed by atoms with Crippen LogP contribution in [-0.4, -0.2) is 21.0 Å². The normalized spacial score (nSPS) is 16.1. The summed E-state index contributed by atoms with van der Waals surface area (Å²) in [5.41, 5.74) is 1.06. The van der Waals surface area contributed by atoms with Crippen molar-refractivity contribution in [1.82, 2.24) is 10.0 Å². The molecule has 0 saturated heterocycles. The fourth-order valence-corrected chi connectivity index (χ4v) is 3.92. The minimum atomic E-state index is -3.29. The Morgan fingerprint density at radius 1 is 1.44 bits per heavy atom.